The second-order valence-corrected chi connectivity index (χ2v) is 9.46. The van der Waals surface area contributed by atoms with Gasteiger partial charge in [0.15, 0.2) is 0 Å². The summed E-state index contributed by atoms with van der Waals surface area (Å²) in [5.74, 6) is -1.58. The molecule has 5 rings (SSSR count). The first-order valence-corrected chi connectivity index (χ1v) is 12.2. The van der Waals surface area contributed by atoms with Gasteiger partial charge < -0.3 is 4.74 Å². The van der Waals surface area contributed by atoms with E-state index in [4.69, 9.17) is 4.74 Å². The number of amides is 3. The molecule has 7 nitrogen and oxygen atoms in total. The van der Waals surface area contributed by atoms with Gasteiger partial charge in [0.05, 0.1) is 24.8 Å². The molecule has 2 saturated heterocycles. The summed E-state index contributed by atoms with van der Waals surface area (Å²) < 4.78 is 6.17. The highest BCUT2D eigenvalue weighted by Crippen LogP contribution is 2.44. The van der Waals surface area contributed by atoms with Crippen molar-refractivity contribution in [2.45, 2.75) is 25.4 Å². The molecule has 1 N–H and O–H groups in total. The summed E-state index contributed by atoms with van der Waals surface area (Å²) in [5.41, 5.74) is 5.97. The minimum atomic E-state index is -0.991. The normalized spacial score (nSPS) is 21.4. The van der Waals surface area contributed by atoms with Crippen molar-refractivity contribution in [2.24, 2.45) is 5.92 Å². The van der Waals surface area contributed by atoms with Crippen LogP contribution in [0.4, 0.5) is 5.69 Å². The standard InChI is InChI=1S/C27H24BrN3O4/c1-3-16-11-13-17(14-12-16)23-22-24(31(29-23)25(32)18-7-6-8-19(28)15-18)27(34)30(26(22)33)20-9-4-5-10-21(20)35-2/h4-15,22-24,29H,3H2,1-2H3/t22-,23+,24-/m1/s1. The number of anilines is 1. The quantitative estimate of drug-likeness (QED) is 0.495. The van der Waals surface area contributed by atoms with Gasteiger partial charge >= 0.3 is 0 Å². The average Bonchev–Trinajstić information content (AvgIpc) is 3.40. The van der Waals surface area contributed by atoms with Crippen LogP contribution >= 0.6 is 15.9 Å². The monoisotopic (exact) mass is 533 g/mol. The molecule has 0 unspecified atom stereocenters. The van der Waals surface area contributed by atoms with Crippen LogP contribution in [0.25, 0.3) is 0 Å². The highest BCUT2D eigenvalue weighted by Gasteiger charge is 2.60. The average molecular weight is 534 g/mol. The van der Waals surface area contributed by atoms with Crippen LogP contribution in [0.15, 0.2) is 77.3 Å². The van der Waals surface area contributed by atoms with Crippen LogP contribution in [-0.2, 0) is 16.0 Å². The van der Waals surface area contributed by atoms with E-state index in [9.17, 15) is 14.4 Å². The molecule has 2 aliphatic rings. The number of methoxy groups -OCH3 is 1. The third kappa shape index (κ3) is 3.92. The fourth-order valence-corrected chi connectivity index (χ4v) is 5.22. The number of halogens is 1. The number of aryl methyl sites for hydroxylation is 1. The topological polar surface area (TPSA) is 79.0 Å². The van der Waals surface area contributed by atoms with Crippen LogP contribution in [0.1, 0.15) is 34.5 Å². The van der Waals surface area contributed by atoms with E-state index in [0.717, 1.165) is 26.9 Å². The zero-order valence-corrected chi connectivity index (χ0v) is 20.9. The Morgan fingerprint density at radius 3 is 2.43 bits per heavy atom. The van der Waals surface area contributed by atoms with E-state index in [2.05, 4.69) is 28.3 Å². The third-order valence-electron chi connectivity index (χ3n) is 6.60. The van der Waals surface area contributed by atoms with E-state index in [1.807, 2.05) is 30.3 Å². The molecule has 0 spiro atoms. The minimum Gasteiger partial charge on any atom is -0.495 e. The lowest BCUT2D eigenvalue weighted by Gasteiger charge is -2.26. The molecule has 0 aliphatic carbocycles. The summed E-state index contributed by atoms with van der Waals surface area (Å²) in [4.78, 5) is 42.3. The van der Waals surface area contributed by atoms with E-state index in [1.54, 1.807) is 42.5 Å². The summed E-state index contributed by atoms with van der Waals surface area (Å²) in [6.07, 6.45) is 0.886. The molecule has 2 fully saturated rings. The molecule has 3 amide bonds. The first-order valence-electron chi connectivity index (χ1n) is 11.4. The number of fused-ring (bicyclic) bond motifs is 1. The SMILES string of the molecule is CCc1ccc([C@@H]2NN(C(=O)c3cccc(Br)c3)[C@H]3C(=O)N(c4ccccc4OC)C(=O)[C@H]23)cc1. The van der Waals surface area contributed by atoms with Crippen molar-refractivity contribution in [3.63, 3.8) is 0 Å². The fourth-order valence-electron chi connectivity index (χ4n) is 4.82. The molecule has 0 radical (unpaired) electrons. The molecule has 0 aromatic heterocycles. The molecule has 3 atom stereocenters. The van der Waals surface area contributed by atoms with Crippen molar-refractivity contribution in [3.05, 3.63) is 94.0 Å². The van der Waals surface area contributed by atoms with Crippen LogP contribution in [-0.4, -0.2) is 35.9 Å². The van der Waals surface area contributed by atoms with E-state index in [1.165, 1.54) is 12.1 Å². The molecule has 35 heavy (non-hydrogen) atoms. The molecular formula is C27H24BrN3O4. The molecule has 0 bridgehead atoms. The smallest absolute Gasteiger partial charge is 0.268 e. The molecule has 3 aromatic rings. The van der Waals surface area contributed by atoms with Crippen LogP contribution in [0.3, 0.4) is 0 Å². The van der Waals surface area contributed by atoms with Crippen molar-refractivity contribution < 1.29 is 19.1 Å². The number of carbonyl (C=O) groups excluding carboxylic acids is 3. The lowest BCUT2D eigenvalue weighted by atomic mass is 9.90. The molecule has 0 saturated carbocycles. The van der Waals surface area contributed by atoms with Gasteiger partial charge in [0.25, 0.3) is 11.8 Å². The number of hydrazine groups is 1. The largest absolute Gasteiger partial charge is 0.495 e. The van der Waals surface area contributed by atoms with E-state index < -0.39 is 23.9 Å². The number of benzene rings is 3. The Balaban J connectivity index is 1.59. The van der Waals surface area contributed by atoms with Gasteiger partial charge in [-0.25, -0.2) is 10.3 Å². The lowest BCUT2D eigenvalue weighted by molar-refractivity contribution is -0.123. The van der Waals surface area contributed by atoms with Crippen molar-refractivity contribution in [1.29, 1.82) is 0 Å². The Kier molecular flexibility index (Phi) is 6.17. The zero-order chi connectivity index (χ0) is 24.7. The zero-order valence-electron chi connectivity index (χ0n) is 19.3. The predicted molar refractivity (Wildman–Crippen MR) is 135 cm³/mol. The van der Waals surface area contributed by atoms with Crippen LogP contribution in [0.2, 0.25) is 0 Å². The summed E-state index contributed by atoms with van der Waals surface area (Å²) in [7, 11) is 1.49. The fraction of sp³-hybridized carbons (Fsp3) is 0.222. The van der Waals surface area contributed by atoms with Crippen molar-refractivity contribution in [1.82, 2.24) is 10.4 Å². The Morgan fingerprint density at radius 1 is 1.00 bits per heavy atom. The van der Waals surface area contributed by atoms with E-state index in [-0.39, 0.29) is 11.8 Å². The van der Waals surface area contributed by atoms with Gasteiger partial charge in [0.1, 0.15) is 11.8 Å². The number of hydrogen-bond donors (Lipinski definition) is 1. The van der Waals surface area contributed by atoms with Crippen molar-refractivity contribution in [2.75, 3.05) is 12.0 Å². The second kappa shape index (κ2) is 9.28. The Morgan fingerprint density at radius 2 is 1.74 bits per heavy atom. The molecule has 178 valence electrons. The molecule has 8 heteroatoms. The predicted octanol–water partition coefficient (Wildman–Crippen LogP) is 4.28. The summed E-state index contributed by atoms with van der Waals surface area (Å²) >= 11 is 3.40. The number of imide groups is 1. The van der Waals surface area contributed by atoms with Gasteiger partial charge in [-0.15, -0.1) is 0 Å². The van der Waals surface area contributed by atoms with Crippen molar-refractivity contribution in [3.8, 4) is 5.75 Å². The highest BCUT2D eigenvalue weighted by atomic mass is 79.9. The van der Waals surface area contributed by atoms with Gasteiger partial charge in [-0.3, -0.25) is 19.4 Å². The molecular weight excluding hydrogens is 510 g/mol. The maximum atomic E-state index is 13.8. The first-order chi connectivity index (χ1) is 16.9. The number of nitrogens with zero attached hydrogens (tertiary/aromatic N) is 2. The summed E-state index contributed by atoms with van der Waals surface area (Å²) in [5, 5.41) is 1.32. The van der Waals surface area contributed by atoms with Crippen LogP contribution in [0, 0.1) is 5.92 Å². The van der Waals surface area contributed by atoms with Crippen molar-refractivity contribution >= 4 is 39.3 Å². The number of rotatable bonds is 5. The third-order valence-corrected chi connectivity index (χ3v) is 7.09. The molecule has 3 aromatic carbocycles. The van der Waals surface area contributed by atoms with E-state index in [0.29, 0.717) is 17.0 Å². The molecule has 2 heterocycles. The minimum absolute atomic E-state index is 0.369. The molecule has 2 aliphatic heterocycles. The first kappa shape index (κ1) is 23.3. The lowest BCUT2D eigenvalue weighted by Crippen LogP contribution is -2.48. The Bertz CT molecular complexity index is 1310. The maximum absolute atomic E-state index is 13.8. The summed E-state index contributed by atoms with van der Waals surface area (Å²) in [6, 6.07) is 20.2. The van der Waals surface area contributed by atoms with Gasteiger partial charge in [0.2, 0.25) is 5.91 Å². The number of hydrogen-bond acceptors (Lipinski definition) is 5. The van der Waals surface area contributed by atoms with Gasteiger partial charge in [-0.05, 0) is 47.9 Å². The number of ether oxygens (including phenoxy) is 1. The maximum Gasteiger partial charge on any atom is 0.268 e. The number of carbonyl (C=O) groups is 3. The number of para-hydroxylation sites is 2. The van der Waals surface area contributed by atoms with Crippen LogP contribution < -0.4 is 15.1 Å². The van der Waals surface area contributed by atoms with E-state index >= 15 is 0 Å². The summed E-state index contributed by atoms with van der Waals surface area (Å²) in [6.45, 7) is 2.07. The van der Waals surface area contributed by atoms with Gasteiger partial charge in [-0.1, -0.05) is 65.3 Å². The Labute approximate surface area is 211 Å². The second-order valence-electron chi connectivity index (χ2n) is 8.54. The Hall–Kier alpha value is -3.49. The van der Waals surface area contributed by atoms with Crippen LogP contribution in [0.5, 0.6) is 5.75 Å². The van der Waals surface area contributed by atoms with Gasteiger partial charge in [-0.2, -0.15) is 0 Å². The highest BCUT2D eigenvalue weighted by molar-refractivity contribution is 9.10. The van der Waals surface area contributed by atoms with Gasteiger partial charge in [0, 0.05) is 10.0 Å². The number of nitrogens with one attached hydrogen (secondary N) is 1.